The SMILES string of the molecule is CNCc1ccc(S(=O)(=O)N(C)CCC(F)(F)F)c(F)c1. The molecule has 1 rings (SSSR count). The molecule has 0 aliphatic carbocycles. The lowest BCUT2D eigenvalue weighted by atomic mass is 10.2. The number of hydrogen-bond donors (Lipinski definition) is 1. The first-order valence-corrected chi connectivity index (χ1v) is 7.48. The van der Waals surface area contributed by atoms with E-state index in [4.69, 9.17) is 0 Å². The van der Waals surface area contributed by atoms with Crippen LogP contribution in [0.25, 0.3) is 0 Å². The lowest BCUT2D eigenvalue weighted by Crippen LogP contribution is -2.31. The molecule has 0 spiro atoms. The highest BCUT2D eigenvalue weighted by molar-refractivity contribution is 7.89. The van der Waals surface area contributed by atoms with Gasteiger partial charge in [-0.05, 0) is 24.7 Å². The topological polar surface area (TPSA) is 49.4 Å². The molecule has 0 saturated heterocycles. The molecule has 0 heterocycles. The van der Waals surface area contributed by atoms with E-state index in [1.165, 1.54) is 6.07 Å². The summed E-state index contributed by atoms with van der Waals surface area (Å²) in [5.41, 5.74) is 0.534. The predicted molar refractivity (Wildman–Crippen MR) is 69.7 cm³/mol. The van der Waals surface area contributed by atoms with E-state index in [2.05, 4.69) is 5.32 Å². The summed E-state index contributed by atoms with van der Waals surface area (Å²) in [5.74, 6) is -0.985. The van der Waals surface area contributed by atoms with E-state index in [1.807, 2.05) is 0 Å². The number of rotatable bonds is 6. The van der Waals surface area contributed by atoms with Crippen LogP contribution >= 0.6 is 0 Å². The van der Waals surface area contributed by atoms with Crippen LogP contribution in [0.3, 0.4) is 0 Å². The highest BCUT2D eigenvalue weighted by Crippen LogP contribution is 2.23. The standard InChI is InChI=1S/C12H16F4N2O2S/c1-17-8-9-3-4-11(10(13)7-9)21(19,20)18(2)6-5-12(14,15)16/h3-4,7,17H,5-6,8H2,1-2H3. The summed E-state index contributed by atoms with van der Waals surface area (Å²) in [4.78, 5) is -0.632. The molecule has 21 heavy (non-hydrogen) atoms. The average molecular weight is 328 g/mol. The third kappa shape index (κ3) is 4.94. The first-order chi connectivity index (χ1) is 9.58. The molecule has 0 radical (unpaired) electrons. The van der Waals surface area contributed by atoms with Gasteiger partial charge in [-0.1, -0.05) is 6.07 Å². The second-order valence-corrected chi connectivity index (χ2v) is 6.50. The lowest BCUT2D eigenvalue weighted by molar-refractivity contribution is -0.135. The van der Waals surface area contributed by atoms with Crippen molar-refractivity contribution in [3.63, 3.8) is 0 Å². The normalized spacial score (nSPS) is 12.9. The van der Waals surface area contributed by atoms with Gasteiger partial charge in [0.1, 0.15) is 10.7 Å². The summed E-state index contributed by atoms with van der Waals surface area (Å²) in [6.07, 6.45) is -5.76. The summed E-state index contributed by atoms with van der Waals surface area (Å²) >= 11 is 0. The van der Waals surface area contributed by atoms with Gasteiger partial charge in [0, 0.05) is 20.1 Å². The second kappa shape index (κ2) is 6.71. The zero-order valence-corrected chi connectivity index (χ0v) is 12.4. The van der Waals surface area contributed by atoms with Crippen LogP contribution in [0.15, 0.2) is 23.1 Å². The number of sulfonamides is 1. The Kier molecular flexibility index (Phi) is 5.71. The van der Waals surface area contributed by atoms with Crippen molar-refractivity contribution in [2.24, 2.45) is 0 Å². The van der Waals surface area contributed by atoms with E-state index >= 15 is 0 Å². The third-order valence-corrected chi connectivity index (χ3v) is 4.67. The smallest absolute Gasteiger partial charge is 0.316 e. The molecule has 0 saturated carbocycles. The minimum atomic E-state index is -4.47. The van der Waals surface area contributed by atoms with Crippen molar-refractivity contribution in [1.82, 2.24) is 9.62 Å². The number of nitrogens with one attached hydrogen (secondary N) is 1. The van der Waals surface area contributed by atoms with Gasteiger partial charge in [0.15, 0.2) is 0 Å². The molecule has 0 unspecified atom stereocenters. The summed E-state index contributed by atoms with van der Waals surface area (Å²) in [6.45, 7) is -0.412. The van der Waals surface area contributed by atoms with Crippen molar-refractivity contribution >= 4 is 10.0 Å². The minimum absolute atomic E-state index is 0.348. The highest BCUT2D eigenvalue weighted by atomic mass is 32.2. The largest absolute Gasteiger partial charge is 0.390 e. The van der Waals surface area contributed by atoms with E-state index in [0.717, 1.165) is 19.2 Å². The molecule has 9 heteroatoms. The Morgan fingerprint density at radius 2 is 1.90 bits per heavy atom. The monoisotopic (exact) mass is 328 g/mol. The molecule has 4 nitrogen and oxygen atoms in total. The van der Waals surface area contributed by atoms with Crippen LogP contribution in [0, 0.1) is 5.82 Å². The zero-order valence-electron chi connectivity index (χ0n) is 11.5. The molecule has 0 amide bonds. The first-order valence-electron chi connectivity index (χ1n) is 6.04. The fourth-order valence-corrected chi connectivity index (χ4v) is 2.85. The van der Waals surface area contributed by atoms with E-state index in [1.54, 1.807) is 7.05 Å². The second-order valence-electron chi connectivity index (χ2n) is 4.49. The summed E-state index contributed by atoms with van der Waals surface area (Å²) < 4.78 is 74.8. The van der Waals surface area contributed by atoms with Gasteiger partial charge in [-0.15, -0.1) is 0 Å². The maximum Gasteiger partial charge on any atom is 0.390 e. The van der Waals surface area contributed by atoms with Crippen LogP contribution in [0.4, 0.5) is 17.6 Å². The maximum atomic E-state index is 13.8. The molecule has 120 valence electrons. The minimum Gasteiger partial charge on any atom is -0.316 e. The van der Waals surface area contributed by atoms with Crippen LogP contribution < -0.4 is 5.32 Å². The lowest BCUT2D eigenvalue weighted by Gasteiger charge is -2.18. The molecular weight excluding hydrogens is 312 g/mol. The summed E-state index contributed by atoms with van der Waals surface area (Å²) in [6, 6.07) is 3.51. The molecule has 0 aromatic heterocycles. The molecule has 0 fully saturated rings. The average Bonchev–Trinajstić information content (AvgIpc) is 2.35. The Labute approximate surface area is 120 Å². The molecule has 0 atom stereocenters. The van der Waals surface area contributed by atoms with Crippen molar-refractivity contribution in [2.45, 2.75) is 24.0 Å². The Balaban J connectivity index is 2.97. The maximum absolute atomic E-state index is 13.8. The predicted octanol–water partition coefficient (Wildman–Crippen LogP) is 2.12. The van der Waals surface area contributed by atoms with E-state index in [0.29, 0.717) is 16.4 Å². The van der Waals surface area contributed by atoms with Gasteiger partial charge in [0.25, 0.3) is 0 Å². The van der Waals surface area contributed by atoms with Crippen LogP contribution in [-0.4, -0.2) is 39.5 Å². The number of benzene rings is 1. The van der Waals surface area contributed by atoms with Crippen molar-refractivity contribution < 1.29 is 26.0 Å². The van der Waals surface area contributed by atoms with E-state index < -0.39 is 39.9 Å². The van der Waals surface area contributed by atoms with Gasteiger partial charge in [0.05, 0.1) is 6.42 Å². The Bertz CT molecular complexity index is 587. The van der Waals surface area contributed by atoms with Gasteiger partial charge in [0.2, 0.25) is 10.0 Å². The molecule has 0 bridgehead atoms. The number of alkyl halides is 3. The fourth-order valence-electron chi connectivity index (χ4n) is 1.64. The summed E-state index contributed by atoms with van der Waals surface area (Å²) in [5, 5.41) is 2.78. The quantitative estimate of drug-likeness (QED) is 0.814. The fraction of sp³-hybridized carbons (Fsp3) is 0.500. The molecule has 0 aliphatic heterocycles. The van der Waals surface area contributed by atoms with Crippen LogP contribution in [0.1, 0.15) is 12.0 Å². The van der Waals surface area contributed by atoms with Crippen molar-refractivity contribution in [3.8, 4) is 0 Å². The Hall–Kier alpha value is -1.19. The first kappa shape index (κ1) is 17.9. The molecule has 1 N–H and O–H groups in total. The van der Waals surface area contributed by atoms with Crippen molar-refractivity contribution in [1.29, 1.82) is 0 Å². The Morgan fingerprint density at radius 1 is 1.29 bits per heavy atom. The van der Waals surface area contributed by atoms with Gasteiger partial charge in [-0.2, -0.15) is 13.2 Å². The molecule has 0 aliphatic rings. The van der Waals surface area contributed by atoms with Crippen LogP contribution in [-0.2, 0) is 16.6 Å². The molecule has 1 aromatic rings. The van der Waals surface area contributed by atoms with Crippen molar-refractivity contribution in [3.05, 3.63) is 29.6 Å². The van der Waals surface area contributed by atoms with E-state index in [9.17, 15) is 26.0 Å². The third-order valence-electron chi connectivity index (χ3n) is 2.78. The zero-order chi connectivity index (χ0) is 16.3. The molecule has 1 aromatic carbocycles. The summed E-state index contributed by atoms with van der Waals surface area (Å²) in [7, 11) is -1.65. The van der Waals surface area contributed by atoms with Gasteiger partial charge < -0.3 is 5.32 Å². The number of hydrogen-bond acceptors (Lipinski definition) is 3. The molecular formula is C12H16F4N2O2S. The van der Waals surface area contributed by atoms with Gasteiger partial charge >= 0.3 is 6.18 Å². The van der Waals surface area contributed by atoms with Crippen LogP contribution in [0.5, 0.6) is 0 Å². The van der Waals surface area contributed by atoms with Gasteiger partial charge in [-0.3, -0.25) is 0 Å². The number of halogens is 4. The number of nitrogens with zero attached hydrogens (tertiary/aromatic N) is 1. The van der Waals surface area contributed by atoms with Crippen molar-refractivity contribution in [2.75, 3.05) is 20.6 Å². The van der Waals surface area contributed by atoms with E-state index in [-0.39, 0.29) is 0 Å². The van der Waals surface area contributed by atoms with Gasteiger partial charge in [-0.25, -0.2) is 17.1 Å². The Morgan fingerprint density at radius 3 is 2.38 bits per heavy atom. The highest BCUT2D eigenvalue weighted by Gasteiger charge is 2.31. The van der Waals surface area contributed by atoms with Crippen LogP contribution in [0.2, 0.25) is 0 Å².